The van der Waals surface area contributed by atoms with Crippen molar-refractivity contribution in [2.45, 2.75) is 57.9 Å². The van der Waals surface area contributed by atoms with Crippen LogP contribution in [0.2, 0.25) is 0 Å². The molecule has 0 aliphatic heterocycles. The summed E-state index contributed by atoms with van der Waals surface area (Å²) in [6.07, 6.45) is 4.98. The van der Waals surface area contributed by atoms with Crippen LogP contribution in [0.25, 0.3) is 0 Å². The Bertz CT molecular complexity index is 832. The molecular formula is C18H23N5O6. The van der Waals surface area contributed by atoms with Gasteiger partial charge in [0.25, 0.3) is 11.4 Å². The van der Waals surface area contributed by atoms with Crippen molar-refractivity contribution in [3.05, 3.63) is 44.0 Å². The predicted octanol–water partition coefficient (Wildman–Crippen LogP) is 2.38. The van der Waals surface area contributed by atoms with Crippen molar-refractivity contribution in [1.29, 1.82) is 0 Å². The highest BCUT2D eigenvalue weighted by molar-refractivity contribution is 6.00. The van der Waals surface area contributed by atoms with E-state index >= 15 is 0 Å². The topological polar surface area (TPSA) is 157 Å². The first-order chi connectivity index (χ1) is 13.8. The molecule has 1 aliphatic rings. The Kier molecular flexibility index (Phi) is 7.75. The normalized spacial score (nSPS) is 14.9. The van der Waals surface area contributed by atoms with Gasteiger partial charge in [-0.15, -0.1) is 0 Å². The maximum Gasteiger partial charge on any atom is 0.279 e. The van der Waals surface area contributed by atoms with Crippen LogP contribution in [0, 0.1) is 20.2 Å². The van der Waals surface area contributed by atoms with Gasteiger partial charge in [-0.1, -0.05) is 19.3 Å². The van der Waals surface area contributed by atoms with E-state index in [9.17, 15) is 29.8 Å². The first-order valence-electron chi connectivity index (χ1n) is 9.29. The number of nitrogens with one attached hydrogen (secondary N) is 2. The number of nitro groups is 2. The third-order valence-corrected chi connectivity index (χ3v) is 4.59. The minimum atomic E-state index is -0.778. The van der Waals surface area contributed by atoms with Crippen LogP contribution >= 0.6 is 0 Å². The molecule has 2 amide bonds. The summed E-state index contributed by atoms with van der Waals surface area (Å²) in [4.78, 5) is 44.4. The quantitative estimate of drug-likeness (QED) is 0.384. The minimum absolute atomic E-state index is 0.0287. The van der Waals surface area contributed by atoms with Gasteiger partial charge in [0.15, 0.2) is 0 Å². The largest absolute Gasteiger partial charge is 0.353 e. The SMILES string of the molecule is C/C(CC(=O)NC1CCCCC1)=N\NC(=O)Cc1ccc([N+](=O)[O-])cc1[N+](=O)[O-]. The zero-order chi connectivity index (χ0) is 21.4. The molecule has 0 radical (unpaired) electrons. The molecule has 0 aromatic heterocycles. The average molecular weight is 405 g/mol. The molecule has 2 N–H and O–H groups in total. The van der Waals surface area contributed by atoms with Crippen LogP contribution in [0.4, 0.5) is 11.4 Å². The standard InChI is InChI=1S/C18H23N5O6/c1-12(9-17(24)19-14-5-3-2-4-6-14)20-21-18(25)10-13-7-8-15(22(26)27)11-16(13)23(28)29/h7-8,11,14H,2-6,9-10H2,1H3,(H,19,24)(H,21,25)/b20-12+. The molecule has 0 spiro atoms. The van der Waals surface area contributed by atoms with E-state index in [-0.39, 0.29) is 30.4 Å². The van der Waals surface area contributed by atoms with Crippen LogP contribution in [0.5, 0.6) is 0 Å². The molecule has 1 saturated carbocycles. The Morgan fingerprint density at radius 1 is 1.10 bits per heavy atom. The second-order valence-corrected chi connectivity index (χ2v) is 6.97. The Morgan fingerprint density at radius 3 is 2.41 bits per heavy atom. The number of carbonyl (C=O) groups excluding carboxylic acids is 2. The summed E-state index contributed by atoms with van der Waals surface area (Å²) in [5, 5.41) is 28.7. The van der Waals surface area contributed by atoms with E-state index in [1.165, 1.54) is 12.5 Å². The molecule has 1 fully saturated rings. The first-order valence-corrected chi connectivity index (χ1v) is 9.29. The molecule has 1 aromatic rings. The van der Waals surface area contributed by atoms with Gasteiger partial charge < -0.3 is 5.32 Å². The minimum Gasteiger partial charge on any atom is -0.353 e. The Hall–Kier alpha value is -3.37. The van der Waals surface area contributed by atoms with E-state index < -0.39 is 27.1 Å². The highest BCUT2D eigenvalue weighted by Gasteiger charge is 2.21. The lowest BCUT2D eigenvalue weighted by atomic mass is 9.95. The van der Waals surface area contributed by atoms with Gasteiger partial charge in [-0.3, -0.25) is 29.8 Å². The number of amides is 2. The maximum absolute atomic E-state index is 12.0. The third-order valence-electron chi connectivity index (χ3n) is 4.59. The summed E-state index contributed by atoms with van der Waals surface area (Å²) in [7, 11) is 0. The van der Waals surface area contributed by atoms with Crippen molar-refractivity contribution in [2.75, 3.05) is 0 Å². The number of hydrogen-bond donors (Lipinski definition) is 2. The summed E-state index contributed by atoms with van der Waals surface area (Å²) in [6, 6.07) is 3.26. The summed E-state index contributed by atoms with van der Waals surface area (Å²) in [5.41, 5.74) is 1.73. The fraction of sp³-hybridized carbons (Fsp3) is 0.500. The Labute approximate surface area is 166 Å². The van der Waals surface area contributed by atoms with E-state index in [2.05, 4.69) is 15.8 Å². The lowest BCUT2D eigenvalue weighted by Gasteiger charge is -2.22. The molecule has 2 rings (SSSR count). The molecule has 0 unspecified atom stereocenters. The van der Waals surface area contributed by atoms with E-state index in [4.69, 9.17) is 0 Å². The fourth-order valence-electron chi connectivity index (χ4n) is 3.15. The summed E-state index contributed by atoms with van der Waals surface area (Å²) in [6.45, 7) is 1.59. The molecule has 0 bridgehead atoms. The number of non-ortho nitro benzene ring substituents is 1. The van der Waals surface area contributed by atoms with Crippen molar-refractivity contribution in [3.63, 3.8) is 0 Å². The molecular weight excluding hydrogens is 382 g/mol. The van der Waals surface area contributed by atoms with Gasteiger partial charge in [-0.2, -0.15) is 5.10 Å². The van der Waals surface area contributed by atoms with Crippen LogP contribution in [0.1, 0.15) is 51.0 Å². The van der Waals surface area contributed by atoms with Crippen molar-refractivity contribution in [2.24, 2.45) is 5.10 Å². The van der Waals surface area contributed by atoms with Gasteiger partial charge in [-0.25, -0.2) is 5.43 Å². The molecule has 156 valence electrons. The Morgan fingerprint density at radius 2 is 1.79 bits per heavy atom. The van der Waals surface area contributed by atoms with Crippen molar-refractivity contribution < 1.29 is 19.4 Å². The number of benzene rings is 1. The molecule has 1 aliphatic carbocycles. The van der Waals surface area contributed by atoms with E-state index in [0.717, 1.165) is 37.8 Å². The average Bonchev–Trinajstić information content (AvgIpc) is 2.67. The van der Waals surface area contributed by atoms with Gasteiger partial charge in [0.2, 0.25) is 11.8 Å². The number of rotatable bonds is 8. The monoisotopic (exact) mass is 405 g/mol. The summed E-state index contributed by atoms with van der Waals surface area (Å²) >= 11 is 0. The molecule has 1 aromatic carbocycles. The molecule has 0 heterocycles. The van der Waals surface area contributed by atoms with Gasteiger partial charge >= 0.3 is 0 Å². The zero-order valence-corrected chi connectivity index (χ0v) is 16.1. The van der Waals surface area contributed by atoms with E-state index in [1.807, 2.05) is 0 Å². The van der Waals surface area contributed by atoms with Crippen LogP contribution < -0.4 is 10.7 Å². The first kappa shape index (κ1) is 21.9. The summed E-state index contributed by atoms with van der Waals surface area (Å²) < 4.78 is 0. The highest BCUT2D eigenvalue weighted by atomic mass is 16.6. The molecule has 11 nitrogen and oxygen atoms in total. The van der Waals surface area contributed by atoms with Crippen LogP contribution in [-0.4, -0.2) is 33.4 Å². The van der Waals surface area contributed by atoms with Gasteiger partial charge in [-0.05, 0) is 25.8 Å². The zero-order valence-electron chi connectivity index (χ0n) is 16.1. The third kappa shape index (κ3) is 6.94. The van der Waals surface area contributed by atoms with Gasteiger partial charge in [0.05, 0.1) is 28.8 Å². The maximum atomic E-state index is 12.0. The predicted molar refractivity (Wildman–Crippen MR) is 104 cm³/mol. The second-order valence-electron chi connectivity index (χ2n) is 6.97. The highest BCUT2D eigenvalue weighted by Crippen LogP contribution is 2.25. The van der Waals surface area contributed by atoms with Crippen molar-refractivity contribution >= 4 is 28.9 Å². The number of nitro benzene ring substituents is 2. The molecule has 0 saturated heterocycles. The number of hydrogen-bond acceptors (Lipinski definition) is 7. The van der Waals surface area contributed by atoms with E-state index in [1.54, 1.807) is 6.92 Å². The number of hydrazone groups is 1. The van der Waals surface area contributed by atoms with Crippen molar-refractivity contribution in [1.82, 2.24) is 10.7 Å². The molecule has 0 atom stereocenters. The number of carbonyl (C=O) groups is 2. The lowest BCUT2D eigenvalue weighted by Crippen LogP contribution is -2.37. The van der Waals surface area contributed by atoms with Crippen LogP contribution in [0.15, 0.2) is 23.3 Å². The van der Waals surface area contributed by atoms with Gasteiger partial charge in [0.1, 0.15) is 0 Å². The number of nitrogens with zero attached hydrogens (tertiary/aromatic N) is 3. The Balaban J connectivity index is 1.90. The van der Waals surface area contributed by atoms with Gasteiger partial charge in [0, 0.05) is 23.4 Å². The fourth-order valence-corrected chi connectivity index (χ4v) is 3.15. The second kappa shape index (κ2) is 10.2. The molecule has 11 heteroatoms. The smallest absolute Gasteiger partial charge is 0.279 e. The van der Waals surface area contributed by atoms with E-state index in [0.29, 0.717) is 5.71 Å². The molecule has 29 heavy (non-hydrogen) atoms. The van der Waals surface area contributed by atoms with Crippen LogP contribution in [0.3, 0.4) is 0 Å². The lowest BCUT2D eigenvalue weighted by molar-refractivity contribution is -0.394. The van der Waals surface area contributed by atoms with Crippen LogP contribution in [-0.2, 0) is 16.0 Å². The summed E-state index contributed by atoms with van der Waals surface area (Å²) in [5.74, 6) is -0.799. The van der Waals surface area contributed by atoms with Crippen molar-refractivity contribution in [3.8, 4) is 0 Å².